The largest absolute Gasteiger partial charge is 0.350 e. The Morgan fingerprint density at radius 1 is 1.11 bits per heavy atom. The Bertz CT molecular complexity index is 711. The fraction of sp³-hybridized carbons (Fsp3) is 0.458. The fourth-order valence-electron chi connectivity index (χ4n) is 3.86. The van der Waals surface area contributed by atoms with Crippen molar-refractivity contribution in [2.45, 2.75) is 52.1 Å². The Morgan fingerprint density at radius 3 is 2.56 bits per heavy atom. The molecule has 3 rings (SSSR count). The number of hydrogen-bond donors (Lipinski definition) is 1. The van der Waals surface area contributed by atoms with Gasteiger partial charge in [-0.25, -0.2) is 0 Å². The van der Waals surface area contributed by atoms with Gasteiger partial charge >= 0.3 is 0 Å². The summed E-state index contributed by atoms with van der Waals surface area (Å²) in [7, 11) is 0. The highest BCUT2D eigenvalue weighted by Gasteiger charge is 2.16. The van der Waals surface area contributed by atoms with Gasteiger partial charge in [-0.05, 0) is 68.3 Å². The lowest BCUT2D eigenvalue weighted by Gasteiger charge is -2.30. The number of amides is 1. The minimum Gasteiger partial charge on any atom is -0.350 e. The van der Waals surface area contributed by atoms with Gasteiger partial charge in [0.05, 0.1) is 0 Å². The highest BCUT2D eigenvalue weighted by Crippen LogP contribution is 2.18. The summed E-state index contributed by atoms with van der Waals surface area (Å²) in [5, 5.41) is 3.12. The van der Waals surface area contributed by atoms with Gasteiger partial charge in [-0.15, -0.1) is 0 Å². The first-order chi connectivity index (χ1) is 13.1. The minimum absolute atomic E-state index is 0.0220. The van der Waals surface area contributed by atoms with Crippen LogP contribution in [-0.4, -0.2) is 29.9 Å². The number of rotatable bonds is 7. The highest BCUT2D eigenvalue weighted by atomic mass is 16.1. The Morgan fingerprint density at radius 2 is 1.85 bits per heavy atom. The van der Waals surface area contributed by atoms with Crippen molar-refractivity contribution in [2.75, 3.05) is 13.1 Å². The molecule has 2 aromatic carbocycles. The number of nitrogens with one attached hydrogen (secondary N) is 1. The zero-order valence-electron chi connectivity index (χ0n) is 16.7. The van der Waals surface area contributed by atoms with Crippen molar-refractivity contribution in [3.63, 3.8) is 0 Å². The van der Waals surface area contributed by atoms with Gasteiger partial charge in [0.25, 0.3) is 5.91 Å². The molecule has 3 nitrogen and oxygen atoms in total. The third-order valence-corrected chi connectivity index (χ3v) is 5.45. The molecular formula is C24H32N2O. The Hall–Kier alpha value is -2.13. The summed E-state index contributed by atoms with van der Waals surface area (Å²) in [5.41, 5.74) is 3.35. The van der Waals surface area contributed by atoms with Crippen LogP contribution in [0.4, 0.5) is 0 Å². The van der Waals surface area contributed by atoms with Gasteiger partial charge in [0, 0.05) is 24.7 Å². The number of piperidine rings is 1. The van der Waals surface area contributed by atoms with E-state index in [2.05, 4.69) is 60.5 Å². The van der Waals surface area contributed by atoms with Crippen LogP contribution in [0.3, 0.4) is 0 Å². The van der Waals surface area contributed by atoms with Crippen molar-refractivity contribution in [1.29, 1.82) is 0 Å². The van der Waals surface area contributed by atoms with E-state index in [1.54, 1.807) is 0 Å². The summed E-state index contributed by atoms with van der Waals surface area (Å²) in [6, 6.07) is 18.7. The maximum Gasteiger partial charge on any atom is 0.251 e. The molecule has 2 atom stereocenters. The van der Waals surface area contributed by atoms with Crippen molar-refractivity contribution < 1.29 is 4.79 Å². The molecule has 1 N–H and O–H groups in total. The smallest absolute Gasteiger partial charge is 0.251 e. The predicted octanol–water partition coefficient (Wildman–Crippen LogP) is 4.67. The summed E-state index contributed by atoms with van der Waals surface area (Å²) >= 11 is 0. The van der Waals surface area contributed by atoms with E-state index in [-0.39, 0.29) is 11.9 Å². The predicted molar refractivity (Wildman–Crippen MR) is 112 cm³/mol. The lowest BCUT2D eigenvalue weighted by atomic mass is 9.99. The standard InChI is InChI=1S/C24H32N2O/c1-19-7-6-16-26(17-19)18-22-12-14-23(15-13-22)24(27)25-20(2)10-11-21-8-4-3-5-9-21/h3-5,8-9,12-15,19-20H,6-7,10-11,16-18H2,1-2H3,(H,25,27)/t19-,20+/m1/s1. The number of hydrogen-bond acceptors (Lipinski definition) is 2. The molecule has 0 aromatic heterocycles. The molecule has 0 spiro atoms. The molecule has 144 valence electrons. The molecule has 3 heteroatoms. The van der Waals surface area contributed by atoms with E-state index in [4.69, 9.17) is 0 Å². The van der Waals surface area contributed by atoms with Gasteiger partial charge in [0.2, 0.25) is 0 Å². The van der Waals surface area contributed by atoms with Gasteiger partial charge in [-0.3, -0.25) is 9.69 Å². The quantitative estimate of drug-likeness (QED) is 0.774. The van der Waals surface area contributed by atoms with E-state index in [1.807, 2.05) is 18.2 Å². The van der Waals surface area contributed by atoms with Crippen LogP contribution in [0.5, 0.6) is 0 Å². The van der Waals surface area contributed by atoms with Gasteiger partial charge in [0.15, 0.2) is 0 Å². The second kappa shape index (κ2) is 9.70. The summed E-state index contributed by atoms with van der Waals surface area (Å²) in [4.78, 5) is 15.0. The monoisotopic (exact) mass is 364 g/mol. The van der Waals surface area contributed by atoms with Gasteiger partial charge < -0.3 is 5.32 Å². The number of carbonyl (C=O) groups excluding carboxylic acids is 1. The van der Waals surface area contributed by atoms with Crippen molar-refractivity contribution in [1.82, 2.24) is 10.2 Å². The molecule has 1 aliphatic heterocycles. The first-order valence-electron chi connectivity index (χ1n) is 10.3. The minimum atomic E-state index is 0.0220. The molecule has 0 aliphatic carbocycles. The first kappa shape index (κ1) is 19.6. The van der Waals surface area contributed by atoms with Crippen molar-refractivity contribution in [3.05, 3.63) is 71.3 Å². The van der Waals surface area contributed by atoms with Crippen molar-refractivity contribution in [2.24, 2.45) is 5.92 Å². The molecule has 1 aliphatic rings. The molecule has 0 radical (unpaired) electrons. The van der Waals surface area contributed by atoms with Gasteiger partial charge in [-0.1, -0.05) is 49.4 Å². The normalized spacial score (nSPS) is 18.8. The van der Waals surface area contributed by atoms with Crippen LogP contribution in [0.2, 0.25) is 0 Å². The Kier molecular flexibility index (Phi) is 7.05. The van der Waals surface area contributed by atoms with Gasteiger partial charge in [0.1, 0.15) is 0 Å². The van der Waals surface area contributed by atoms with E-state index in [9.17, 15) is 4.79 Å². The SMILES string of the molecule is C[C@@H]1CCCN(Cc2ccc(C(=O)N[C@@H](C)CCc3ccccc3)cc2)C1. The molecule has 1 fully saturated rings. The average Bonchev–Trinajstić information content (AvgIpc) is 2.68. The third kappa shape index (κ3) is 6.21. The molecule has 1 saturated heterocycles. The van der Waals surface area contributed by atoms with Crippen LogP contribution < -0.4 is 5.32 Å². The summed E-state index contributed by atoms with van der Waals surface area (Å²) in [6.45, 7) is 7.76. The third-order valence-electron chi connectivity index (χ3n) is 5.45. The van der Waals surface area contributed by atoms with E-state index >= 15 is 0 Å². The fourth-order valence-corrected chi connectivity index (χ4v) is 3.86. The van der Waals surface area contributed by atoms with Crippen molar-refractivity contribution >= 4 is 5.91 Å². The molecule has 2 aromatic rings. The second-order valence-electron chi connectivity index (χ2n) is 8.08. The molecule has 1 heterocycles. The number of aryl methyl sites for hydroxylation is 1. The average molecular weight is 365 g/mol. The van der Waals surface area contributed by atoms with E-state index in [0.717, 1.165) is 30.9 Å². The van der Waals surface area contributed by atoms with E-state index in [0.29, 0.717) is 0 Å². The highest BCUT2D eigenvalue weighted by molar-refractivity contribution is 5.94. The number of likely N-dealkylation sites (tertiary alicyclic amines) is 1. The lowest BCUT2D eigenvalue weighted by Crippen LogP contribution is -2.34. The van der Waals surface area contributed by atoms with Crippen LogP contribution in [0.1, 0.15) is 54.6 Å². The molecule has 0 saturated carbocycles. The van der Waals surface area contributed by atoms with E-state index in [1.165, 1.54) is 37.1 Å². The van der Waals surface area contributed by atoms with Crippen LogP contribution in [0.25, 0.3) is 0 Å². The molecule has 0 unspecified atom stereocenters. The zero-order valence-corrected chi connectivity index (χ0v) is 16.7. The summed E-state index contributed by atoms with van der Waals surface area (Å²) in [6.07, 6.45) is 4.57. The van der Waals surface area contributed by atoms with Crippen LogP contribution in [0, 0.1) is 5.92 Å². The summed E-state index contributed by atoms with van der Waals surface area (Å²) < 4.78 is 0. The van der Waals surface area contributed by atoms with Gasteiger partial charge in [-0.2, -0.15) is 0 Å². The number of carbonyl (C=O) groups is 1. The molecule has 0 bridgehead atoms. The maximum atomic E-state index is 12.5. The zero-order chi connectivity index (χ0) is 19.1. The van der Waals surface area contributed by atoms with E-state index < -0.39 is 0 Å². The molecular weight excluding hydrogens is 332 g/mol. The second-order valence-corrected chi connectivity index (χ2v) is 8.08. The molecule has 1 amide bonds. The van der Waals surface area contributed by atoms with Crippen LogP contribution in [0.15, 0.2) is 54.6 Å². The topological polar surface area (TPSA) is 32.3 Å². The summed E-state index contributed by atoms with van der Waals surface area (Å²) in [5.74, 6) is 0.815. The first-order valence-corrected chi connectivity index (χ1v) is 10.3. The number of benzene rings is 2. The van der Waals surface area contributed by atoms with Crippen LogP contribution >= 0.6 is 0 Å². The Labute approximate surface area is 163 Å². The van der Waals surface area contributed by atoms with Crippen LogP contribution in [-0.2, 0) is 13.0 Å². The van der Waals surface area contributed by atoms with Crippen molar-refractivity contribution in [3.8, 4) is 0 Å². The lowest BCUT2D eigenvalue weighted by molar-refractivity contribution is 0.0938. The maximum absolute atomic E-state index is 12.5. The number of nitrogens with zero attached hydrogens (tertiary/aromatic N) is 1. The molecule has 27 heavy (non-hydrogen) atoms. The Balaban J connectivity index is 1.46.